The van der Waals surface area contributed by atoms with Gasteiger partial charge in [0.2, 0.25) is 5.82 Å². The molecular weight excluding hydrogens is 282 g/mol. The summed E-state index contributed by atoms with van der Waals surface area (Å²) in [5.74, 6) is 0.334. The van der Waals surface area contributed by atoms with Crippen LogP contribution in [-0.4, -0.2) is 26.1 Å². The van der Waals surface area contributed by atoms with Gasteiger partial charge in [-0.2, -0.15) is 0 Å². The van der Waals surface area contributed by atoms with Gasteiger partial charge < -0.3 is 0 Å². The average molecular weight is 288 g/mol. The molecule has 0 unspecified atom stereocenters. The van der Waals surface area contributed by atoms with Crippen molar-refractivity contribution in [2.45, 2.75) is 6.92 Å². The van der Waals surface area contributed by atoms with Crippen molar-refractivity contribution in [1.82, 2.24) is 20.2 Å². The van der Waals surface area contributed by atoms with Gasteiger partial charge in [0.05, 0.1) is 9.98 Å². The van der Waals surface area contributed by atoms with Crippen molar-refractivity contribution in [2.75, 3.05) is 5.32 Å². The molecule has 2 heterocycles. The molecule has 0 radical (unpaired) electrons. The quantitative estimate of drug-likeness (QED) is 0.878. The number of amides is 1. The molecule has 2 aromatic rings. The van der Waals surface area contributed by atoms with E-state index < -0.39 is 0 Å². The summed E-state index contributed by atoms with van der Waals surface area (Å²) >= 11 is 4.58. The van der Waals surface area contributed by atoms with Crippen molar-refractivity contribution in [3.63, 3.8) is 0 Å². The number of hydrogen-bond donors (Lipinski definition) is 2. The summed E-state index contributed by atoms with van der Waals surface area (Å²) in [5.41, 5.74) is 0. The van der Waals surface area contributed by atoms with Gasteiger partial charge in [-0.1, -0.05) is 11.3 Å². The maximum atomic E-state index is 11.5. The van der Waals surface area contributed by atoms with Gasteiger partial charge in [-0.15, -0.1) is 5.10 Å². The van der Waals surface area contributed by atoms with Gasteiger partial charge >= 0.3 is 0 Å². The number of carbonyl (C=O) groups is 1. The van der Waals surface area contributed by atoms with Crippen LogP contribution in [0, 0.1) is 6.92 Å². The van der Waals surface area contributed by atoms with Gasteiger partial charge in [-0.05, 0) is 22.9 Å². The SMILES string of the molecule is Cc1nc(C(=O)Nc2ncc(Br)s2)n[nH]1. The molecule has 0 aliphatic heterocycles. The molecule has 2 N–H and O–H groups in total. The lowest BCUT2D eigenvalue weighted by molar-refractivity contribution is 0.101. The standard InChI is InChI=1S/C7H6BrN5OS/c1-3-10-5(13-12-3)6(14)11-7-9-2-4(8)15-7/h2H,1H3,(H,9,11,14)(H,10,12,13). The van der Waals surface area contributed by atoms with Crippen LogP contribution in [0.5, 0.6) is 0 Å². The van der Waals surface area contributed by atoms with Crippen LogP contribution >= 0.6 is 27.3 Å². The van der Waals surface area contributed by atoms with E-state index >= 15 is 0 Å². The van der Waals surface area contributed by atoms with Gasteiger partial charge in [0.1, 0.15) is 5.82 Å². The zero-order chi connectivity index (χ0) is 10.8. The number of aromatic amines is 1. The van der Waals surface area contributed by atoms with Crippen LogP contribution in [-0.2, 0) is 0 Å². The zero-order valence-electron chi connectivity index (χ0n) is 7.61. The maximum Gasteiger partial charge on any atom is 0.297 e. The zero-order valence-corrected chi connectivity index (χ0v) is 10.0. The van der Waals surface area contributed by atoms with E-state index in [-0.39, 0.29) is 11.7 Å². The molecule has 0 aliphatic carbocycles. The fraction of sp³-hybridized carbons (Fsp3) is 0.143. The van der Waals surface area contributed by atoms with E-state index in [1.165, 1.54) is 11.3 Å². The van der Waals surface area contributed by atoms with E-state index in [1.54, 1.807) is 13.1 Å². The van der Waals surface area contributed by atoms with Crippen LogP contribution in [0.2, 0.25) is 0 Å². The largest absolute Gasteiger partial charge is 0.297 e. The van der Waals surface area contributed by atoms with Crippen LogP contribution in [0.15, 0.2) is 9.98 Å². The first-order chi connectivity index (χ1) is 7.15. The summed E-state index contributed by atoms with van der Waals surface area (Å²) < 4.78 is 0.851. The number of thiazole rings is 1. The topological polar surface area (TPSA) is 83.6 Å². The number of hydrogen-bond acceptors (Lipinski definition) is 5. The highest BCUT2D eigenvalue weighted by Crippen LogP contribution is 2.23. The Bertz CT molecular complexity index is 493. The molecule has 0 aliphatic rings. The number of nitrogens with one attached hydrogen (secondary N) is 2. The third-order valence-corrected chi connectivity index (χ3v) is 2.89. The second-order valence-electron chi connectivity index (χ2n) is 2.67. The number of aryl methyl sites for hydroxylation is 1. The number of H-pyrrole nitrogens is 1. The summed E-state index contributed by atoms with van der Waals surface area (Å²) in [4.78, 5) is 19.4. The molecule has 0 saturated carbocycles. The van der Waals surface area contributed by atoms with E-state index in [9.17, 15) is 4.79 Å². The minimum atomic E-state index is -0.374. The molecule has 2 rings (SSSR count). The monoisotopic (exact) mass is 287 g/mol. The Morgan fingerprint density at radius 3 is 3.00 bits per heavy atom. The molecule has 0 saturated heterocycles. The highest BCUT2D eigenvalue weighted by atomic mass is 79.9. The summed E-state index contributed by atoms with van der Waals surface area (Å²) in [5, 5.41) is 9.42. The molecule has 0 spiro atoms. The molecule has 78 valence electrons. The minimum Gasteiger partial charge on any atom is -0.295 e. The molecule has 15 heavy (non-hydrogen) atoms. The van der Waals surface area contributed by atoms with Crippen molar-refractivity contribution < 1.29 is 4.79 Å². The molecule has 0 aromatic carbocycles. The van der Waals surface area contributed by atoms with Crippen molar-refractivity contribution in [1.29, 1.82) is 0 Å². The fourth-order valence-corrected chi connectivity index (χ4v) is 2.01. The summed E-state index contributed by atoms with van der Waals surface area (Å²) in [6, 6.07) is 0. The first-order valence-electron chi connectivity index (χ1n) is 3.97. The van der Waals surface area contributed by atoms with E-state index in [0.29, 0.717) is 11.0 Å². The van der Waals surface area contributed by atoms with E-state index in [1.807, 2.05) is 0 Å². The van der Waals surface area contributed by atoms with Crippen LogP contribution in [0.1, 0.15) is 16.4 Å². The van der Waals surface area contributed by atoms with E-state index in [0.717, 1.165) is 3.79 Å². The van der Waals surface area contributed by atoms with Gasteiger partial charge in [0, 0.05) is 0 Å². The lowest BCUT2D eigenvalue weighted by Crippen LogP contribution is -2.13. The number of nitrogens with zero attached hydrogens (tertiary/aromatic N) is 3. The molecule has 0 bridgehead atoms. The predicted molar refractivity (Wildman–Crippen MR) is 58.9 cm³/mol. The summed E-state index contributed by atoms with van der Waals surface area (Å²) in [6.07, 6.45) is 1.61. The number of aromatic nitrogens is 4. The number of rotatable bonds is 2. The van der Waals surface area contributed by atoms with Gasteiger partial charge in [-0.25, -0.2) is 9.97 Å². The lowest BCUT2D eigenvalue weighted by atomic mass is 10.5. The molecule has 1 amide bonds. The van der Waals surface area contributed by atoms with E-state index in [4.69, 9.17) is 0 Å². The summed E-state index contributed by atoms with van der Waals surface area (Å²) in [7, 11) is 0. The van der Waals surface area contributed by atoms with Gasteiger partial charge in [0.15, 0.2) is 5.13 Å². The molecule has 8 heteroatoms. The molecule has 6 nitrogen and oxygen atoms in total. The normalized spacial score (nSPS) is 10.3. The van der Waals surface area contributed by atoms with Crippen molar-refractivity contribution >= 4 is 38.3 Å². The van der Waals surface area contributed by atoms with Crippen LogP contribution in [0.25, 0.3) is 0 Å². The Labute approximate surface area is 97.3 Å². The van der Waals surface area contributed by atoms with E-state index in [2.05, 4.69) is 41.4 Å². The highest BCUT2D eigenvalue weighted by Gasteiger charge is 2.12. The predicted octanol–water partition coefficient (Wildman–Crippen LogP) is 1.58. The van der Waals surface area contributed by atoms with Crippen LogP contribution in [0.4, 0.5) is 5.13 Å². The summed E-state index contributed by atoms with van der Waals surface area (Å²) in [6.45, 7) is 1.73. The second kappa shape index (κ2) is 4.07. The molecule has 0 atom stereocenters. The molecule has 2 aromatic heterocycles. The third-order valence-electron chi connectivity index (χ3n) is 1.50. The van der Waals surface area contributed by atoms with Crippen molar-refractivity contribution in [3.05, 3.63) is 21.6 Å². The Balaban J connectivity index is 2.10. The van der Waals surface area contributed by atoms with Crippen LogP contribution in [0.3, 0.4) is 0 Å². The molecular formula is C7H6BrN5OS. The minimum absolute atomic E-state index is 0.110. The molecule has 0 fully saturated rings. The Kier molecular flexibility index (Phi) is 2.78. The van der Waals surface area contributed by atoms with Crippen molar-refractivity contribution in [2.24, 2.45) is 0 Å². The average Bonchev–Trinajstić information content (AvgIpc) is 2.75. The van der Waals surface area contributed by atoms with Crippen LogP contribution < -0.4 is 5.32 Å². The highest BCUT2D eigenvalue weighted by molar-refractivity contribution is 9.11. The first-order valence-corrected chi connectivity index (χ1v) is 5.58. The first kappa shape index (κ1) is 10.2. The Morgan fingerprint density at radius 1 is 1.67 bits per heavy atom. The van der Waals surface area contributed by atoms with Gasteiger partial charge in [-0.3, -0.25) is 15.2 Å². The number of halogens is 1. The maximum absolute atomic E-state index is 11.5. The third kappa shape index (κ3) is 2.39. The smallest absolute Gasteiger partial charge is 0.295 e. The van der Waals surface area contributed by atoms with Gasteiger partial charge in [0.25, 0.3) is 5.91 Å². The Hall–Kier alpha value is -1.28. The second-order valence-corrected chi connectivity index (χ2v) is 5.08. The fourth-order valence-electron chi connectivity index (χ4n) is 0.910. The van der Waals surface area contributed by atoms with Crippen molar-refractivity contribution in [3.8, 4) is 0 Å². The number of anilines is 1. The Morgan fingerprint density at radius 2 is 2.47 bits per heavy atom. The lowest BCUT2D eigenvalue weighted by Gasteiger charge is -1.94. The number of carbonyl (C=O) groups excluding carboxylic acids is 1.